The molecule has 2 aliphatic carbocycles. The Balaban J connectivity index is 2.72. The van der Waals surface area contributed by atoms with Crippen LogP contribution in [0.5, 0.6) is 0 Å². The third-order valence-corrected chi connectivity index (χ3v) is 2.97. The van der Waals surface area contributed by atoms with Crippen molar-refractivity contribution in [3.8, 4) is 11.1 Å². The molecule has 1 radical (unpaired) electrons. The maximum atomic E-state index is 3.52. The highest BCUT2D eigenvalue weighted by Gasteiger charge is 2.12. The zero-order valence-corrected chi connectivity index (χ0v) is 9.89. The van der Waals surface area contributed by atoms with Crippen LogP contribution in [-0.2, 0) is 0 Å². The predicted octanol–water partition coefficient (Wildman–Crippen LogP) is 4.33. The third kappa shape index (κ3) is 1.77. The molecular weight excluding hydrogens is 180 g/mol. The first-order valence-corrected chi connectivity index (χ1v) is 5.51. The van der Waals surface area contributed by atoms with Gasteiger partial charge in [-0.1, -0.05) is 32.0 Å². The topological polar surface area (TPSA) is 0 Å². The van der Waals surface area contributed by atoms with Crippen LogP contribution >= 0.6 is 0 Å². The summed E-state index contributed by atoms with van der Waals surface area (Å²) < 4.78 is 0. The van der Waals surface area contributed by atoms with E-state index in [1.807, 2.05) is 0 Å². The van der Waals surface area contributed by atoms with Crippen LogP contribution in [0.1, 0.15) is 36.5 Å². The minimum atomic E-state index is 0.557. The second-order valence-electron chi connectivity index (χ2n) is 4.56. The van der Waals surface area contributed by atoms with E-state index in [2.05, 4.69) is 58.0 Å². The van der Waals surface area contributed by atoms with Gasteiger partial charge in [-0.25, -0.2) is 0 Å². The van der Waals surface area contributed by atoms with Gasteiger partial charge in [0.2, 0.25) is 0 Å². The molecule has 0 spiro atoms. The lowest BCUT2D eigenvalue weighted by Crippen LogP contribution is -1.80. The van der Waals surface area contributed by atoms with E-state index in [1.165, 1.54) is 27.8 Å². The van der Waals surface area contributed by atoms with Crippen LogP contribution in [-0.4, -0.2) is 0 Å². The van der Waals surface area contributed by atoms with Gasteiger partial charge in [0.05, 0.1) is 0 Å². The highest BCUT2D eigenvalue weighted by atomic mass is 14.2. The van der Waals surface area contributed by atoms with Gasteiger partial charge in [-0.15, -0.1) is 0 Å². The first-order chi connectivity index (χ1) is 7.09. The fraction of sp³-hybridized carbons (Fsp3) is 0.333. The summed E-state index contributed by atoms with van der Waals surface area (Å²) in [6, 6.07) is 12.3. The highest BCUT2D eigenvalue weighted by Crippen LogP contribution is 2.33. The number of aryl methyl sites for hydroxylation is 2. The van der Waals surface area contributed by atoms with Crippen molar-refractivity contribution in [2.75, 3.05) is 0 Å². The van der Waals surface area contributed by atoms with E-state index >= 15 is 0 Å². The summed E-state index contributed by atoms with van der Waals surface area (Å²) in [7, 11) is 0. The molecule has 0 fully saturated rings. The van der Waals surface area contributed by atoms with Crippen molar-refractivity contribution < 1.29 is 0 Å². The van der Waals surface area contributed by atoms with Gasteiger partial charge in [-0.2, -0.15) is 0 Å². The molecule has 0 heteroatoms. The lowest BCUT2D eigenvalue weighted by molar-refractivity contribution is 0.870. The molecule has 0 heterocycles. The van der Waals surface area contributed by atoms with E-state index in [1.54, 1.807) is 0 Å². The van der Waals surface area contributed by atoms with Crippen LogP contribution < -0.4 is 0 Å². The molecule has 0 N–H and O–H groups in total. The Labute approximate surface area is 92.3 Å². The van der Waals surface area contributed by atoms with E-state index < -0.39 is 0 Å². The van der Waals surface area contributed by atoms with Crippen LogP contribution in [0.2, 0.25) is 0 Å². The molecule has 0 saturated carbocycles. The summed E-state index contributed by atoms with van der Waals surface area (Å²) >= 11 is 0. The van der Waals surface area contributed by atoms with Gasteiger partial charge in [0.1, 0.15) is 0 Å². The van der Waals surface area contributed by atoms with Gasteiger partial charge in [-0.3, -0.25) is 0 Å². The predicted molar refractivity (Wildman–Crippen MR) is 65.5 cm³/mol. The molecule has 0 aromatic rings. The van der Waals surface area contributed by atoms with Crippen LogP contribution in [0.3, 0.4) is 0 Å². The van der Waals surface area contributed by atoms with Crippen molar-refractivity contribution in [1.29, 1.82) is 0 Å². The largest absolute Gasteiger partial charge is 0.0617 e. The maximum Gasteiger partial charge on any atom is -0.00585 e. The van der Waals surface area contributed by atoms with E-state index in [-0.39, 0.29) is 0 Å². The Hall–Kier alpha value is -1.30. The molecule has 0 bridgehead atoms. The molecule has 0 nitrogen and oxygen atoms in total. The quantitative estimate of drug-likeness (QED) is 0.638. The van der Waals surface area contributed by atoms with Gasteiger partial charge >= 0.3 is 0 Å². The molecule has 0 unspecified atom stereocenters. The average molecular weight is 197 g/mol. The Morgan fingerprint density at radius 3 is 2.40 bits per heavy atom. The minimum absolute atomic E-state index is 0.557. The summed E-state index contributed by atoms with van der Waals surface area (Å²) in [4.78, 5) is 0. The Bertz CT molecular complexity index is 415. The molecule has 0 amide bonds. The van der Waals surface area contributed by atoms with Crippen molar-refractivity contribution in [3.05, 3.63) is 47.0 Å². The van der Waals surface area contributed by atoms with Crippen molar-refractivity contribution in [1.82, 2.24) is 0 Å². The molecule has 0 aromatic carbocycles. The molecule has 0 atom stereocenters. The zero-order chi connectivity index (χ0) is 11.0. The maximum absolute atomic E-state index is 3.52. The van der Waals surface area contributed by atoms with Crippen LogP contribution in [0.15, 0.2) is 24.3 Å². The molecule has 77 valence electrons. The minimum Gasteiger partial charge on any atom is -0.0617 e. The first kappa shape index (κ1) is 10.2. The Kier molecular flexibility index (Phi) is 2.52. The second kappa shape index (κ2) is 3.69. The number of hydrogen-bond acceptors (Lipinski definition) is 0. The summed E-state index contributed by atoms with van der Waals surface area (Å²) in [5.41, 5.74) is 6.59. The van der Waals surface area contributed by atoms with Crippen LogP contribution in [0.4, 0.5) is 0 Å². The Morgan fingerprint density at radius 1 is 1.07 bits per heavy atom. The molecule has 2 rings (SSSR count). The van der Waals surface area contributed by atoms with Gasteiger partial charge in [0.15, 0.2) is 0 Å². The second-order valence-corrected chi connectivity index (χ2v) is 4.56. The molecule has 0 aromatic heterocycles. The summed E-state index contributed by atoms with van der Waals surface area (Å²) in [6.07, 6.45) is 0. The fourth-order valence-electron chi connectivity index (χ4n) is 1.92. The van der Waals surface area contributed by atoms with E-state index in [0.717, 1.165) is 0 Å². The van der Waals surface area contributed by atoms with Crippen LogP contribution in [0, 0.1) is 19.9 Å². The van der Waals surface area contributed by atoms with Gasteiger partial charge in [-0.05, 0) is 59.7 Å². The smallest absolute Gasteiger partial charge is 0.00585 e. The zero-order valence-electron chi connectivity index (χ0n) is 9.89. The highest BCUT2D eigenvalue weighted by molar-refractivity contribution is 5.73. The average Bonchev–Trinajstić information content (AvgIpc) is 2.57. The molecule has 0 aliphatic heterocycles. The summed E-state index contributed by atoms with van der Waals surface area (Å²) in [5, 5.41) is 0. The van der Waals surface area contributed by atoms with Gasteiger partial charge < -0.3 is 0 Å². The van der Waals surface area contributed by atoms with E-state index in [4.69, 9.17) is 0 Å². The van der Waals surface area contributed by atoms with Gasteiger partial charge in [0.25, 0.3) is 0 Å². The summed E-state index contributed by atoms with van der Waals surface area (Å²) in [6.45, 7) is 8.76. The fourth-order valence-corrected chi connectivity index (χ4v) is 1.92. The molecule has 15 heavy (non-hydrogen) atoms. The van der Waals surface area contributed by atoms with Crippen LogP contribution in [0.25, 0.3) is 11.1 Å². The van der Waals surface area contributed by atoms with E-state index in [0.29, 0.717) is 5.92 Å². The third-order valence-electron chi connectivity index (χ3n) is 2.97. The monoisotopic (exact) mass is 197 g/mol. The standard InChI is InChI=1S/C15H17/c1-10(2)13-8-14-11(3)6-5-7-12(4)15(14)9-13/h5-8,10H,1-4H3. The lowest BCUT2D eigenvalue weighted by atomic mass is 10.1. The molecular formula is C15H17. The first-order valence-electron chi connectivity index (χ1n) is 5.51. The van der Waals surface area contributed by atoms with Crippen molar-refractivity contribution in [2.45, 2.75) is 33.6 Å². The van der Waals surface area contributed by atoms with Crippen molar-refractivity contribution in [3.63, 3.8) is 0 Å². The van der Waals surface area contributed by atoms with Crippen molar-refractivity contribution in [2.24, 2.45) is 0 Å². The number of rotatable bonds is 1. The lowest BCUT2D eigenvalue weighted by Gasteiger charge is -1.98. The normalized spacial score (nSPS) is 11.3. The van der Waals surface area contributed by atoms with E-state index in [9.17, 15) is 0 Å². The van der Waals surface area contributed by atoms with Crippen molar-refractivity contribution >= 4 is 0 Å². The Morgan fingerprint density at radius 2 is 1.73 bits per heavy atom. The number of fused-ring (bicyclic) bond motifs is 1. The molecule has 0 saturated heterocycles. The summed E-state index contributed by atoms with van der Waals surface area (Å²) in [5.74, 6) is 0.557. The molecule has 2 aliphatic rings. The number of hydrogen-bond donors (Lipinski definition) is 0. The van der Waals surface area contributed by atoms with Gasteiger partial charge in [0, 0.05) is 0 Å². The SMILES string of the molecule is Cc1cccc(C)c2cc(C(C)C)[c]c1-2.